The zero-order valence-corrected chi connectivity index (χ0v) is 11.9. The lowest BCUT2D eigenvalue weighted by Gasteiger charge is -2.20. The Balaban J connectivity index is 2.60. The van der Waals surface area contributed by atoms with Gasteiger partial charge in [0.25, 0.3) is 0 Å². The highest BCUT2D eigenvalue weighted by atomic mass is 32.2. The van der Waals surface area contributed by atoms with E-state index in [1.807, 2.05) is 12.1 Å². The van der Waals surface area contributed by atoms with E-state index in [9.17, 15) is 4.79 Å². The molecule has 0 N–H and O–H groups in total. The smallest absolute Gasteiger partial charge is 0.325 e. The minimum atomic E-state index is -0.751. The van der Waals surface area contributed by atoms with Crippen molar-refractivity contribution in [1.29, 1.82) is 0 Å². The molecule has 1 aromatic rings. The van der Waals surface area contributed by atoms with E-state index >= 15 is 0 Å². The summed E-state index contributed by atoms with van der Waals surface area (Å²) in [6.07, 6.45) is 0. The van der Waals surface area contributed by atoms with Crippen LogP contribution in [0.25, 0.3) is 0 Å². The van der Waals surface area contributed by atoms with Crippen molar-refractivity contribution < 1.29 is 18.5 Å². The van der Waals surface area contributed by atoms with Gasteiger partial charge < -0.3 is 13.7 Å². The lowest BCUT2D eigenvalue weighted by Crippen LogP contribution is -2.30. The van der Waals surface area contributed by atoms with Crippen LogP contribution in [0, 0.1) is 0 Å². The lowest BCUT2D eigenvalue weighted by atomic mass is 10.2. The zero-order chi connectivity index (χ0) is 13.6. The molecular formula is C13H18O4S. The molecule has 0 amide bonds. The van der Waals surface area contributed by atoms with Crippen LogP contribution in [0.1, 0.15) is 20.8 Å². The van der Waals surface area contributed by atoms with Crippen LogP contribution in [0.3, 0.4) is 0 Å². The van der Waals surface area contributed by atoms with E-state index in [2.05, 4.69) is 0 Å². The maximum absolute atomic E-state index is 11.7. The van der Waals surface area contributed by atoms with Crippen molar-refractivity contribution in [2.24, 2.45) is 0 Å². The van der Waals surface area contributed by atoms with E-state index < -0.39 is 4.75 Å². The normalized spacial score (nSPS) is 10.9. The predicted molar refractivity (Wildman–Crippen MR) is 71.9 cm³/mol. The first-order chi connectivity index (χ1) is 8.49. The summed E-state index contributed by atoms with van der Waals surface area (Å²) in [6, 6.07) is 7.21. The third-order valence-electron chi connectivity index (χ3n) is 2.15. The Bertz CT molecular complexity index is 404. The van der Waals surface area contributed by atoms with Gasteiger partial charge in [-0.3, -0.25) is 4.79 Å². The van der Waals surface area contributed by atoms with Crippen LogP contribution in [0.15, 0.2) is 24.3 Å². The highest BCUT2D eigenvalue weighted by Gasteiger charge is 2.32. The highest BCUT2D eigenvalue weighted by molar-refractivity contribution is 7.97. The van der Waals surface area contributed by atoms with Gasteiger partial charge in [-0.15, -0.1) is 0 Å². The van der Waals surface area contributed by atoms with E-state index in [1.54, 1.807) is 40.0 Å². The molecule has 0 heterocycles. The van der Waals surface area contributed by atoms with E-state index in [0.717, 1.165) is 12.0 Å². The SMILES string of the molecule is CCOC(=O)C(C)(C)SOc1cccc(OC)c1. The van der Waals surface area contributed by atoms with Gasteiger partial charge >= 0.3 is 5.97 Å². The number of carbonyl (C=O) groups is 1. The third-order valence-corrected chi connectivity index (χ3v) is 3.01. The molecule has 0 bridgehead atoms. The van der Waals surface area contributed by atoms with Crippen molar-refractivity contribution >= 4 is 18.0 Å². The molecule has 0 spiro atoms. The topological polar surface area (TPSA) is 44.8 Å². The second kappa shape index (κ2) is 6.54. The monoisotopic (exact) mass is 270 g/mol. The van der Waals surface area contributed by atoms with Gasteiger partial charge in [0.2, 0.25) is 0 Å². The summed E-state index contributed by atoms with van der Waals surface area (Å²) in [4.78, 5) is 11.7. The number of esters is 1. The van der Waals surface area contributed by atoms with Gasteiger partial charge in [-0.2, -0.15) is 0 Å². The standard InChI is InChI=1S/C13H18O4S/c1-5-16-12(14)13(2,3)18-17-11-8-6-7-10(9-11)15-4/h6-9H,5H2,1-4H3. The Morgan fingerprint density at radius 3 is 2.61 bits per heavy atom. The number of hydrogen-bond acceptors (Lipinski definition) is 5. The van der Waals surface area contributed by atoms with Gasteiger partial charge in [0.1, 0.15) is 16.2 Å². The van der Waals surface area contributed by atoms with Crippen molar-refractivity contribution in [2.75, 3.05) is 13.7 Å². The first-order valence-electron chi connectivity index (χ1n) is 5.66. The van der Waals surface area contributed by atoms with Crippen molar-refractivity contribution in [2.45, 2.75) is 25.5 Å². The predicted octanol–water partition coefficient (Wildman–Crippen LogP) is 3.06. The molecule has 0 atom stereocenters. The molecule has 1 aromatic carbocycles. The van der Waals surface area contributed by atoms with Crippen molar-refractivity contribution in [3.05, 3.63) is 24.3 Å². The first kappa shape index (κ1) is 14.7. The Hall–Kier alpha value is -1.36. The second-order valence-electron chi connectivity index (χ2n) is 4.08. The fraction of sp³-hybridized carbons (Fsp3) is 0.462. The van der Waals surface area contributed by atoms with E-state index in [-0.39, 0.29) is 5.97 Å². The highest BCUT2D eigenvalue weighted by Crippen LogP contribution is 2.30. The average Bonchev–Trinajstić information content (AvgIpc) is 2.37. The summed E-state index contributed by atoms with van der Waals surface area (Å²) in [5.74, 6) is 1.05. The maximum Gasteiger partial charge on any atom is 0.325 e. The van der Waals surface area contributed by atoms with Crippen molar-refractivity contribution in [1.82, 2.24) is 0 Å². The number of rotatable bonds is 6. The molecule has 0 fully saturated rings. The average molecular weight is 270 g/mol. The molecular weight excluding hydrogens is 252 g/mol. The van der Waals surface area contributed by atoms with Crippen LogP contribution in [-0.4, -0.2) is 24.4 Å². The Kier molecular flexibility index (Phi) is 5.34. The van der Waals surface area contributed by atoms with Gasteiger partial charge in [0.15, 0.2) is 0 Å². The fourth-order valence-corrected chi connectivity index (χ4v) is 1.68. The van der Waals surface area contributed by atoms with Crippen LogP contribution in [0.5, 0.6) is 11.5 Å². The summed E-state index contributed by atoms with van der Waals surface area (Å²) in [6.45, 7) is 5.66. The molecule has 100 valence electrons. The summed E-state index contributed by atoms with van der Waals surface area (Å²) in [7, 11) is 1.59. The summed E-state index contributed by atoms with van der Waals surface area (Å²) < 4.78 is 14.8. The van der Waals surface area contributed by atoms with Gasteiger partial charge in [-0.1, -0.05) is 6.07 Å². The van der Waals surface area contributed by atoms with Gasteiger partial charge in [0.05, 0.1) is 25.8 Å². The minimum Gasteiger partial charge on any atom is -0.497 e. The Labute approximate surface area is 112 Å². The number of carbonyl (C=O) groups excluding carboxylic acids is 1. The molecule has 0 aliphatic carbocycles. The van der Waals surface area contributed by atoms with Gasteiger partial charge in [-0.05, 0) is 32.9 Å². The Morgan fingerprint density at radius 2 is 2.00 bits per heavy atom. The molecule has 0 aliphatic heterocycles. The second-order valence-corrected chi connectivity index (χ2v) is 5.43. The van der Waals surface area contributed by atoms with Crippen molar-refractivity contribution in [3.63, 3.8) is 0 Å². The van der Waals surface area contributed by atoms with Crippen LogP contribution in [-0.2, 0) is 9.53 Å². The van der Waals surface area contributed by atoms with Gasteiger partial charge in [0, 0.05) is 6.07 Å². The minimum absolute atomic E-state index is 0.294. The summed E-state index contributed by atoms with van der Waals surface area (Å²) in [5.41, 5.74) is 0. The quantitative estimate of drug-likeness (QED) is 0.587. The number of benzene rings is 1. The number of methoxy groups -OCH3 is 1. The molecule has 0 saturated carbocycles. The van der Waals surface area contributed by atoms with Crippen LogP contribution < -0.4 is 8.92 Å². The molecule has 4 nitrogen and oxygen atoms in total. The molecule has 0 radical (unpaired) electrons. The van der Waals surface area contributed by atoms with E-state index in [0.29, 0.717) is 18.1 Å². The molecule has 0 unspecified atom stereocenters. The fourth-order valence-electron chi connectivity index (χ4n) is 1.14. The van der Waals surface area contributed by atoms with Gasteiger partial charge in [-0.25, -0.2) is 0 Å². The molecule has 1 rings (SSSR count). The van der Waals surface area contributed by atoms with E-state index in [4.69, 9.17) is 13.7 Å². The molecule has 0 aliphatic rings. The molecule has 5 heteroatoms. The Morgan fingerprint density at radius 1 is 1.33 bits per heavy atom. The number of hydrogen-bond donors (Lipinski definition) is 0. The summed E-state index contributed by atoms with van der Waals surface area (Å²) in [5, 5.41) is 0. The first-order valence-corrected chi connectivity index (χ1v) is 6.40. The van der Waals surface area contributed by atoms with Crippen molar-refractivity contribution in [3.8, 4) is 11.5 Å². The van der Waals surface area contributed by atoms with Crippen LogP contribution in [0.2, 0.25) is 0 Å². The molecule has 0 aromatic heterocycles. The van der Waals surface area contributed by atoms with Crippen LogP contribution in [0.4, 0.5) is 0 Å². The largest absolute Gasteiger partial charge is 0.497 e. The molecule has 0 saturated heterocycles. The number of ether oxygens (including phenoxy) is 2. The summed E-state index contributed by atoms with van der Waals surface area (Å²) >= 11 is 1.07. The zero-order valence-electron chi connectivity index (χ0n) is 11.1. The van der Waals surface area contributed by atoms with E-state index in [1.165, 1.54) is 0 Å². The van der Waals surface area contributed by atoms with Crippen LogP contribution >= 0.6 is 12.0 Å². The third kappa shape index (κ3) is 4.14. The molecule has 18 heavy (non-hydrogen) atoms. The lowest BCUT2D eigenvalue weighted by molar-refractivity contribution is -0.145. The maximum atomic E-state index is 11.7.